The Kier molecular flexibility index (Phi) is 8.07. The number of carbonyl (C=O) groups excluding carboxylic acids is 2. The summed E-state index contributed by atoms with van der Waals surface area (Å²) in [5.74, 6) is -1.82. The molecule has 0 radical (unpaired) electrons. The molecule has 0 amide bonds. The van der Waals surface area contributed by atoms with Crippen LogP contribution >= 0.6 is 11.6 Å². The average molecular weight is 538 g/mol. The van der Waals surface area contributed by atoms with E-state index in [1.165, 1.54) is 12.1 Å². The molecule has 1 aliphatic heterocycles. The molecule has 0 saturated carbocycles. The Labute approximate surface area is 226 Å². The molecule has 1 aromatic heterocycles. The Bertz CT molecular complexity index is 1400. The van der Waals surface area contributed by atoms with Crippen molar-refractivity contribution in [2.45, 2.75) is 40.5 Å². The van der Waals surface area contributed by atoms with Gasteiger partial charge in [-0.05, 0) is 77.1 Å². The minimum absolute atomic E-state index is 0.0437. The number of hydrogen-bond acceptors (Lipinski definition) is 6. The van der Waals surface area contributed by atoms with E-state index in [2.05, 4.69) is 0 Å². The SMILES string of the molecule is CCOC(=O)C1=C(C)N(c2ccc(C)cc2)C(C)=C(C(=O)OCC)C1c1ccc(-c2ccc(F)c(Cl)c2)o1. The number of carbonyl (C=O) groups is 2. The van der Waals surface area contributed by atoms with E-state index in [0.29, 0.717) is 28.5 Å². The summed E-state index contributed by atoms with van der Waals surface area (Å²) in [5, 5.41) is -0.0437. The van der Waals surface area contributed by atoms with Crippen LogP contribution in [0.25, 0.3) is 11.3 Å². The third-order valence-corrected chi connectivity index (χ3v) is 6.72. The van der Waals surface area contributed by atoms with Crippen LogP contribution < -0.4 is 4.90 Å². The van der Waals surface area contributed by atoms with Crippen LogP contribution in [0.3, 0.4) is 0 Å². The normalized spacial score (nSPS) is 14.2. The summed E-state index contributed by atoms with van der Waals surface area (Å²) in [5.41, 5.74) is 4.15. The number of aryl methyl sites for hydroxylation is 1. The first-order valence-corrected chi connectivity index (χ1v) is 12.7. The lowest BCUT2D eigenvalue weighted by atomic mass is 9.82. The highest BCUT2D eigenvalue weighted by Gasteiger charge is 2.42. The van der Waals surface area contributed by atoms with Gasteiger partial charge >= 0.3 is 11.9 Å². The Morgan fingerprint density at radius 1 is 0.895 bits per heavy atom. The molecular weight excluding hydrogens is 509 g/mol. The van der Waals surface area contributed by atoms with E-state index < -0.39 is 23.7 Å². The monoisotopic (exact) mass is 537 g/mol. The molecule has 6 nitrogen and oxygen atoms in total. The molecule has 0 bridgehead atoms. The van der Waals surface area contributed by atoms with Gasteiger partial charge in [0.15, 0.2) is 0 Å². The van der Waals surface area contributed by atoms with E-state index in [0.717, 1.165) is 11.3 Å². The van der Waals surface area contributed by atoms with E-state index in [1.807, 2.05) is 49.9 Å². The predicted molar refractivity (Wildman–Crippen MR) is 144 cm³/mol. The average Bonchev–Trinajstić information content (AvgIpc) is 3.36. The first kappa shape index (κ1) is 27.2. The van der Waals surface area contributed by atoms with Crippen molar-refractivity contribution < 1.29 is 27.9 Å². The summed E-state index contributed by atoms with van der Waals surface area (Å²) in [6, 6.07) is 15.4. The number of ether oxygens (including phenoxy) is 2. The molecule has 0 atom stereocenters. The summed E-state index contributed by atoms with van der Waals surface area (Å²) < 4.78 is 30.8. The van der Waals surface area contributed by atoms with Gasteiger partial charge in [-0.25, -0.2) is 14.0 Å². The van der Waals surface area contributed by atoms with Gasteiger partial charge in [-0.3, -0.25) is 0 Å². The highest BCUT2D eigenvalue weighted by molar-refractivity contribution is 6.31. The smallest absolute Gasteiger partial charge is 0.336 e. The van der Waals surface area contributed by atoms with Gasteiger partial charge in [-0.1, -0.05) is 29.3 Å². The van der Waals surface area contributed by atoms with Crippen molar-refractivity contribution in [3.05, 3.63) is 99.3 Å². The highest BCUT2D eigenvalue weighted by atomic mass is 35.5. The third-order valence-electron chi connectivity index (χ3n) is 6.43. The number of allylic oxidation sites excluding steroid dienone is 2. The molecule has 1 aliphatic rings. The molecule has 0 saturated heterocycles. The van der Waals surface area contributed by atoms with Crippen molar-refractivity contribution >= 4 is 29.2 Å². The van der Waals surface area contributed by atoms with Gasteiger partial charge in [0.1, 0.15) is 17.3 Å². The summed E-state index contributed by atoms with van der Waals surface area (Å²) >= 11 is 5.98. The second kappa shape index (κ2) is 11.3. The molecule has 8 heteroatoms. The Morgan fingerprint density at radius 2 is 1.47 bits per heavy atom. The minimum Gasteiger partial charge on any atom is -0.463 e. The molecular formula is C30H29ClFNO5. The van der Waals surface area contributed by atoms with Gasteiger partial charge in [0, 0.05) is 22.6 Å². The number of nitrogens with zero attached hydrogens (tertiary/aromatic N) is 1. The van der Waals surface area contributed by atoms with Crippen LogP contribution in [0.15, 0.2) is 81.6 Å². The lowest BCUT2D eigenvalue weighted by molar-refractivity contribution is -0.139. The summed E-state index contributed by atoms with van der Waals surface area (Å²) in [6.07, 6.45) is 0. The van der Waals surface area contributed by atoms with Crippen LogP contribution in [-0.4, -0.2) is 25.2 Å². The summed E-state index contributed by atoms with van der Waals surface area (Å²) in [7, 11) is 0. The van der Waals surface area contributed by atoms with Gasteiger partial charge < -0.3 is 18.8 Å². The molecule has 0 spiro atoms. The van der Waals surface area contributed by atoms with E-state index in [9.17, 15) is 14.0 Å². The van der Waals surface area contributed by atoms with Gasteiger partial charge in [0.2, 0.25) is 0 Å². The number of anilines is 1. The first-order chi connectivity index (χ1) is 18.2. The topological polar surface area (TPSA) is 69.0 Å². The number of benzene rings is 2. The van der Waals surface area contributed by atoms with E-state index in [1.54, 1.807) is 32.0 Å². The number of halogens is 2. The maximum absolute atomic E-state index is 13.7. The van der Waals surface area contributed by atoms with E-state index in [4.69, 9.17) is 25.5 Å². The van der Waals surface area contributed by atoms with E-state index >= 15 is 0 Å². The fraction of sp³-hybridized carbons (Fsp3) is 0.267. The Hall–Kier alpha value is -3.84. The molecule has 4 rings (SSSR count). The number of rotatable bonds is 7. The number of hydrogen-bond donors (Lipinski definition) is 0. The van der Waals surface area contributed by atoms with Crippen molar-refractivity contribution in [1.29, 1.82) is 0 Å². The predicted octanol–water partition coefficient (Wildman–Crippen LogP) is 7.33. The lowest BCUT2D eigenvalue weighted by Crippen LogP contribution is -2.35. The lowest BCUT2D eigenvalue weighted by Gasteiger charge is -2.37. The zero-order chi connectivity index (χ0) is 27.6. The van der Waals surface area contributed by atoms with Crippen LogP contribution in [0.2, 0.25) is 5.02 Å². The van der Waals surface area contributed by atoms with Crippen molar-refractivity contribution in [3.8, 4) is 11.3 Å². The van der Waals surface area contributed by atoms with Gasteiger partial charge in [0.05, 0.1) is 35.3 Å². The van der Waals surface area contributed by atoms with Crippen molar-refractivity contribution in [3.63, 3.8) is 0 Å². The largest absolute Gasteiger partial charge is 0.463 e. The zero-order valence-electron chi connectivity index (χ0n) is 21.9. The van der Waals surface area contributed by atoms with Crippen LogP contribution in [0, 0.1) is 12.7 Å². The van der Waals surface area contributed by atoms with Crippen LogP contribution in [-0.2, 0) is 19.1 Å². The second-order valence-corrected chi connectivity index (χ2v) is 9.28. The maximum Gasteiger partial charge on any atom is 0.336 e. The molecule has 0 N–H and O–H groups in total. The molecule has 2 aromatic carbocycles. The Morgan fingerprint density at radius 3 is 2.00 bits per heavy atom. The molecule has 0 fully saturated rings. The number of esters is 2. The van der Waals surface area contributed by atoms with Crippen LogP contribution in [0.5, 0.6) is 0 Å². The van der Waals surface area contributed by atoms with Gasteiger partial charge in [-0.2, -0.15) is 0 Å². The number of furan rings is 1. The third kappa shape index (κ3) is 5.11. The van der Waals surface area contributed by atoms with Gasteiger partial charge in [-0.15, -0.1) is 0 Å². The van der Waals surface area contributed by atoms with Crippen LogP contribution in [0.4, 0.5) is 10.1 Å². The fourth-order valence-corrected chi connectivity index (χ4v) is 4.86. The molecule has 38 heavy (non-hydrogen) atoms. The second-order valence-electron chi connectivity index (χ2n) is 8.87. The first-order valence-electron chi connectivity index (χ1n) is 12.4. The standard InChI is InChI=1S/C30H29ClFNO5/c1-6-36-29(34)26-18(4)33(21-11-8-17(3)9-12-21)19(5)27(30(35)37-7-2)28(26)25-15-14-24(38-25)20-10-13-23(32)22(31)16-20/h8-16,28H,6-7H2,1-5H3. The quantitative estimate of drug-likeness (QED) is 0.294. The molecule has 0 aliphatic carbocycles. The van der Waals surface area contributed by atoms with Gasteiger partial charge in [0.25, 0.3) is 0 Å². The van der Waals surface area contributed by atoms with E-state index in [-0.39, 0.29) is 29.4 Å². The maximum atomic E-state index is 13.7. The van der Waals surface area contributed by atoms with Crippen molar-refractivity contribution in [1.82, 2.24) is 0 Å². The molecule has 198 valence electrons. The zero-order valence-corrected chi connectivity index (χ0v) is 22.7. The summed E-state index contributed by atoms with van der Waals surface area (Å²) in [4.78, 5) is 28.7. The minimum atomic E-state index is -0.889. The Balaban J connectivity index is 1.93. The van der Waals surface area contributed by atoms with Crippen molar-refractivity contribution in [2.75, 3.05) is 18.1 Å². The van der Waals surface area contributed by atoms with Crippen LogP contribution in [0.1, 0.15) is 44.9 Å². The highest BCUT2D eigenvalue weighted by Crippen LogP contribution is 2.45. The van der Waals surface area contributed by atoms with Crippen molar-refractivity contribution in [2.24, 2.45) is 0 Å². The molecule has 0 unspecified atom stereocenters. The summed E-state index contributed by atoms with van der Waals surface area (Å²) in [6.45, 7) is 9.37. The fourth-order valence-electron chi connectivity index (χ4n) is 4.68. The molecule has 2 heterocycles. The molecule has 3 aromatic rings.